The molecule has 0 aromatic heterocycles. The molecule has 2 fully saturated rings. The van der Waals surface area contributed by atoms with E-state index in [9.17, 15) is 19.2 Å². The highest BCUT2D eigenvalue weighted by atomic mass is 16.2. The molecule has 8 nitrogen and oxygen atoms in total. The van der Waals surface area contributed by atoms with Gasteiger partial charge in [0.05, 0.1) is 13.1 Å². The van der Waals surface area contributed by atoms with Crippen LogP contribution in [0.1, 0.15) is 78.1 Å². The third-order valence-corrected chi connectivity index (χ3v) is 6.01. The summed E-state index contributed by atoms with van der Waals surface area (Å²) < 4.78 is 0. The summed E-state index contributed by atoms with van der Waals surface area (Å²) in [5.41, 5.74) is 0. The van der Waals surface area contributed by atoms with E-state index in [2.05, 4.69) is 22.5 Å². The van der Waals surface area contributed by atoms with E-state index in [-0.39, 0.29) is 36.7 Å². The van der Waals surface area contributed by atoms with Gasteiger partial charge in [-0.1, -0.05) is 25.7 Å². The van der Waals surface area contributed by atoms with E-state index in [0.29, 0.717) is 38.8 Å². The Hall–Kier alpha value is -2.56. The number of nitrogens with one attached hydrogen (secondary N) is 2. The van der Waals surface area contributed by atoms with Crippen molar-refractivity contribution in [2.45, 2.75) is 90.1 Å². The van der Waals surface area contributed by atoms with Crippen LogP contribution in [0.2, 0.25) is 0 Å². The van der Waals surface area contributed by atoms with Gasteiger partial charge >= 0.3 is 0 Å². The lowest BCUT2D eigenvalue weighted by Gasteiger charge is -2.34. The Bertz CT molecular complexity index is 669. The summed E-state index contributed by atoms with van der Waals surface area (Å²) in [4.78, 5) is 53.0. The molecule has 2 rings (SSSR count). The van der Waals surface area contributed by atoms with Crippen LogP contribution in [0.5, 0.6) is 0 Å². The second kappa shape index (κ2) is 13.8. The van der Waals surface area contributed by atoms with Crippen molar-refractivity contribution in [2.75, 3.05) is 26.2 Å². The summed E-state index contributed by atoms with van der Waals surface area (Å²) >= 11 is 0. The smallest absolute Gasteiger partial charge is 0.243 e. The van der Waals surface area contributed by atoms with Crippen LogP contribution in [0, 0.1) is 11.8 Å². The number of likely N-dealkylation sites (tertiary alicyclic amines) is 2. The molecule has 2 saturated heterocycles. The molecule has 4 amide bonds. The molecular weight excluding hydrogens is 408 g/mol. The van der Waals surface area contributed by atoms with Crippen LogP contribution >= 0.6 is 0 Å². The van der Waals surface area contributed by atoms with E-state index in [1.54, 1.807) is 9.80 Å². The standard InChI is InChI=1S/C24H38N4O4/c1-3-11-21(29)27-17-9-5-13-19(27)23(31)25-15-7-8-16-26-24(32)20-14-6-10-18-28(20)22(30)12-4-2/h19-20H,3-6,9-18H2,1-2H3,(H,25,31)(H,26,32)/t19-,20+. The van der Waals surface area contributed by atoms with Crippen LogP contribution in [0.15, 0.2) is 0 Å². The Morgan fingerprint density at radius 2 is 1.12 bits per heavy atom. The van der Waals surface area contributed by atoms with Crippen LogP contribution < -0.4 is 10.6 Å². The highest BCUT2D eigenvalue weighted by Crippen LogP contribution is 2.19. The van der Waals surface area contributed by atoms with Gasteiger partial charge in [0.25, 0.3) is 0 Å². The van der Waals surface area contributed by atoms with Crippen molar-refractivity contribution in [2.24, 2.45) is 0 Å². The zero-order valence-corrected chi connectivity index (χ0v) is 19.6. The molecule has 0 aromatic carbocycles. The van der Waals surface area contributed by atoms with E-state index >= 15 is 0 Å². The molecule has 0 aliphatic carbocycles. The Morgan fingerprint density at radius 1 is 0.719 bits per heavy atom. The minimum Gasteiger partial charge on any atom is -0.343 e. The summed E-state index contributed by atoms with van der Waals surface area (Å²) in [5.74, 6) is 5.45. The van der Waals surface area contributed by atoms with E-state index in [4.69, 9.17) is 0 Å². The van der Waals surface area contributed by atoms with Crippen molar-refractivity contribution in [1.29, 1.82) is 0 Å². The molecule has 178 valence electrons. The lowest BCUT2D eigenvalue weighted by atomic mass is 10.0. The van der Waals surface area contributed by atoms with Crippen molar-refractivity contribution in [3.63, 3.8) is 0 Å². The molecule has 0 aromatic rings. The fourth-order valence-electron chi connectivity index (χ4n) is 4.34. The van der Waals surface area contributed by atoms with Gasteiger partial charge in [-0.15, -0.1) is 0 Å². The van der Waals surface area contributed by atoms with E-state index in [1.165, 1.54) is 0 Å². The predicted molar refractivity (Wildman–Crippen MR) is 122 cm³/mol. The van der Waals surface area contributed by atoms with Gasteiger partial charge < -0.3 is 20.4 Å². The molecule has 0 spiro atoms. The molecule has 2 aliphatic heterocycles. The minimum atomic E-state index is -0.415. The van der Waals surface area contributed by atoms with Gasteiger partial charge in [-0.2, -0.15) is 0 Å². The molecule has 2 aliphatic rings. The third-order valence-electron chi connectivity index (χ3n) is 6.01. The third kappa shape index (κ3) is 7.54. The van der Waals surface area contributed by atoms with Crippen molar-refractivity contribution in [1.82, 2.24) is 20.4 Å². The zero-order valence-electron chi connectivity index (χ0n) is 19.6. The number of piperidine rings is 2. The summed E-state index contributed by atoms with van der Waals surface area (Å²) in [6.45, 7) is 5.53. The summed E-state index contributed by atoms with van der Waals surface area (Å²) in [7, 11) is 0. The topological polar surface area (TPSA) is 98.8 Å². The maximum atomic E-state index is 12.5. The molecule has 2 N–H and O–H groups in total. The van der Waals surface area contributed by atoms with Gasteiger partial charge in [-0.3, -0.25) is 19.2 Å². The van der Waals surface area contributed by atoms with Crippen LogP contribution in [0.25, 0.3) is 0 Å². The molecule has 2 heterocycles. The molecule has 8 heteroatoms. The lowest BCUT2D eigenvalue weighted by molar-refractivity contribution is -0.142. The van der Waals surface area contributed by atoms with Gasteiger partial charge in [0, 0.05) is 25.9 Å². The molecular formula is C24H38N4O4. The van der Waals surface area contributed by atoms with Crippen LogP contribution in [-0.2, 0) is 19.2 Å². The van der Waals surface area contributed by atoms with E-state index < -0.39 is 12.1 Å². The maximum absolute atomic E-state index is 12.5. The van der Waals surface area contributed by atoms with Gasteiger partial charge in [-0.25, -0.2) is 0 Å². The first kappa shape index (κ1) is 25.7. The van der Waals surface area contributed by atoms with Gasteiger partial charge in [0.1, 0.15) is 12.1 Å². The molecule has 0 saturated carbocycles. The number of hydrogen-bond donors (Lipinski definition) is 2. The van der Waals surface area contributed by atoms with Crippen molar-refractivity contribution < 1.29 is 19.2 Å². The quantitative estimate of drug-likeness (QED) is 0.553. The monoisotopic (exact) mass is 446 g/mol. The molecule has 32 heavy (non-hydrogen) atoms. The summed E-state index contributed by atoms with van der Waals surface area (Å²) in [6.07, 6.45) is 7.56. The molecule has 0 radical (unpaired) electrons. The Kier molecular flexibility index (Phi) is 11.1. The van der Waals surface area contributed by atoms with Crippen LogP contribution in [0.4, 0.5) is 0 Å². The van der Waals surface area contributed by atoms with Crippen LogP contribution in [0.3, 0.4) is 0 Å². The zero-order chi connectivity index (χ0) is 23.3. The molecule has 0 unspecified atom stereocenters. The van der Waals surface area contributed by atoms with Crippen LogP contribution in [-0.4, -0.2) is 71.7 Å². The van der Waals surface area contributed by atoms with Gasteiger partial charge in [0.15, 0.2) is 0 Å². The van der Waals surface area contributed by atoms with Crippen molar-refractivity contribution >= 4 is 23.6 Å². The SMILES string of the molecule is CCCC(=O)N1CCCC[C@@H]1C(=O)NCC#CCNC(=O)[C@@H]1CCCCN1C(=O)CCC. The average Bonchev–Trinajstić information content (AvgIpc) is 2.81. The highest BCUT2D eigenvalue weighted by molar-refractivity contribution is 5.88. The maximum Gasteiger partial charge on any atom is 0.243 e. The van der Waals surface area contributed by atoms with E-state index in [1.807, 2.05) is 13.8 Å². The second-order valence-electron chi connectivity index (χ2n) is 8.49. The number of hydrogen-bond acceptors (Lipinski definition) is 4. The Labute approximate surface area is 191 Å². The highest BCUT2D eigenvalue weighted by Gasteiger charge is 2.32. The predicted octanol–water partition coefficient (Wildman–Crippen LogP) is 1.58. The number of carbonyl (C=O) groups is 4. The first-order valence-corrected chi connectivity index (χ1v) is 12.1. The fourth-order valence-corrected chi connectivity index (χ4v) is 4.34. The number of amides is 4. The summed E-state index contributed by atoms with van der Waals surface area (Å²) in [6, 6.07) is -0.829. The summed E-state index contributed by atoms with van der Waals surface area (Å²) in [5, 5.41) is 5.59. The first-order chi connectivity index (χ1) is 15.5. The fraction of sp³-hybridized carbons (Fsp3) is 0.750. The van der Waals surface area contributed by atoms with Crippen molar-refractivity contribution in [3.8, 4) is 11.8 Å². The molecule has 2 atom stereocenters. The average molecular weight is 447 g/mol. The van der Waals surface area contributed by atoms with E-state index in [0.717, 1.165) is 38.5 Å². The van der Waals surface area contributed by atoms with Gasteiger partial charge in [-0.05, 0) is 51.4 Å². The Morgan fingerprint density at radius 3 is 1.50 bits per heavy atom. The molecule has 0 bridgehead atoms. The Balaban J connectivity index is 1.76. The number of rotatable bonds is 8. The number of nitrogens with zero attached hydrogens (tertiary/aromatic N) is 2. The van der Waals surface area contributed by atoms with Gasteiger partial charge in [0.2, 0.25) is 23.6 Å². The largest absolute Gasteiger partial charge is 0.343 e. The minimum absolute atomic E-state index is 0.0373. The normalized spacial score (nSPS) is 20.7. The number of carbonyl (C=O) groups excluding carboxylic acids is 4. The second-order valence-corrected chi connectivity index (χ2v) is 8.49. The van der Waals surface area contributed by atoms with Crippen molar-refractivity contribution in [3.05, 3.63) is 0 Å². The lowest BCUT2D eigenvalue weighted by Crippen LogP contribution is -2.52. The first-order valence-electron chi connectivity index (χ1n) is 12.1.